The fourth-order valence-electron chi connectivity index (χ4n) is 1.61. The minimum Gasteiger partial charge on any atom is -0.339 e. The SMILES string of the molecule is CC(=O)c1noc(C2CCNCC2)n1. The Labute approximate surface area is 81.9 Å². The Hall–Kier alpha value is -1.23. The van der Waals surface area contributed by atoms with Gasteiger partial charge in [-0.25, -0.2) is 0 Å². The second-order valence-electron chi connectivity index (χ2n) is 3.54. The Kier molecular flexibility index (Phi) is 2.58. The van der Waals surface area contributed by atoms with Crippen LogP contribution in [0.4, 0.5) is 0 Å². The number of ketones is 1. The third kappa shape index (κ3) is 1.82. The molecule has 0 saturated carbocycles. The van der Waals surface area contributed by atoms with Crippen molar-refractivity contribution in [2.45, 2.75) is 25.7 Å². The Bertz CT molecular complexity index is 329. The van der Waals surface area contributed by atoms with E-state index in [1.165, 1.54) is 6.92 Å². The molecule has 1 fully saturated rings. The number of rotatable bonds is 2. The van der Waals surface area contributed by atoms with Crippen LogP contribution in [-0.4, -0.2) is 29.0 Å². The summed E-state index contributed by atoms with van der Waals surface area (Å²) in [4.78, 5) is 15.0. The second-order valence-corrected chi connectivity index (χ2v) is 3.54. The van der Waals surface area contributed by atoms with Gasteiger partial charge in [0.1, 0.15) is 0 Å². The summed E-state index contributed by atoms with van der Waals surface area (Å²) in [5.41, 5.74) is 0. The molecule has 1 saturated heterocycles. The van der Waals surface area contributed by atoms with E-state index >= 15 is 0 Å². The van der Waals surface area contributed by atoms with Crippen LogP contribution >= 0.6 is 0 Å². The van der Waals surface area contributed by atoms with E-state index in [9.17, 15) is 4.79 Å². The monoisotopic (exact) mass is 195 g/mol. The molecule has 1 aliphatic rings. The molecule has 0 radical (unpaired) electrons. The normalized spacial score (nSPS) is 18.4. The summed E-state index contributed by atoms with van der Waals surface area (Å²) >= 11 is 0. The highest BCUT2D eigenvalue weighted by Crippen LogP contribution is 2.23. The van der Waals surface area contributed by atoms with Crippen molar-refractivity contribution in [3.8, 4) is 0 Å². The lowest BCUT2D eigenvalue weighted by Crippen LogP contribution is -2.26. The van der Waals surface area contributed by atoms with Gasteiger partial charge in [0.25, 0.3) is 0 Å². The highest BCUT2D eigenvalue weighted by molar-refractivity contribution is 5.89. The standard InChI is InChI=1S/C9H13N3O2/c1-6(13)8-11-9(14-12-8)7-2-4-10-5-3-7/h7,10H,2-5H2,1H3. The van der Waals surface area contributed by atoms with Gasteiger partial charge >= 0.3 is 0 Å². The lowest BCUT2D eigenvalue weighted by molar-refractivity contribution is 0.100. The second kappa shape index (κ2) is 3.88. The predicted octanol–water partition coefficient (Wildman–Crippen LogP) is 0.739. The van der Waals surface area contributed by atoms with Crippen molar-refractivity contribution in [3.05, 3.63) is 11.7 Å². The van der Waals surface area contributed by atoms with Crippen LogP contribution in [0.1, 0.15) is 42.2 Å². The maximum Gasteiger partial charge on any atom is 0.238 e. The molecule has 1 aliphatic heterocycles. The largest absolute Gasteiger partial charge is 0.339 e. The molecule has 0 unspecified atom stereocenters. The highest BCUT2D eigenvalue weighted by Gasteiger charge is 2.22. The molecule has 2 heterocycles. The number of carbonyl (C=O) groups excluding carboxylic acids is 1. The zero-order valence-electron chi connectivity index (χ0n) is 8.12. The number of piperidine rings is 1. The van der Waals surface area contributed by atoms with Crippen molar-refractivity contribution in [1.82, 2.24) is 15.5 Å². The van der Waals surface area contributed by atoms with Gasteiger partial charge in [-0.05, 0) is 25.9 Å². The molecule has 76 valence electrons. The zero-order chi connectivity index (χ0) is 9.97. The fraction of sp³-hybridized carbons (Fsp3) is 0.667. The Balaban J connectivity index is 2.11. The number of carbonyl (C=O) groups is 1. The molecule has 2 rings (SSSR count). The summed E-state index contributed by atoms with van der Waals surface area (Å²) in [6, 6.07) is 0. The summed E-state index contributed by atoms with van der Waals surface area (Å²) in [5, 5.41) is 6.89. The van der Waals surface area contributed by atoms with Gasteiger partial charge in [0.15, 0.2) is 0 Å². The van der Waals surface area contributed by atoms with Crippen LogP contribution in [0.2, 0.25) is 0 Å². The lowest BCUT2D eigenvalue weighted by Gasteiger charge is -2.18. The van der Waals surface area contributed by atoms with E-state index in [2.05, 4.69) is 15.5 Å². The number of hydrogen-bond donors (Lipinski definition) is 1. The van der Waals surface area contributed by atoms with Gasteiger partial charge in [0.2, 0.25) is 17.5 Å². The van der Waals surface area contributed by atoms with E-state index in [1.807, 2.05) is 0 Å². The van der Waals surface area contributed by atoms with Gasteiger partial charge in [-0.2, -0.15) is 4.98 Å². The molecule has 1 N–H and O–H groups in total. The quantitative estimate of drug-likeness (QED) is 0.705. The summed E-state index contributed by atoms with van der Waals surface area (Å²) in [5.74, 6) is 0.973. The molecule has 1 aromatic heterocycles. The zero-order valence-corrected chi connectivity index (χ0v) is 8.12. The molecule has 14 heavy (non-hydrogen) atoms. The van der Waals surface area contributed by atoms with Crippen LogP contribution < -0.4 is 5.32 Å². The van der Waals surface area contributed by atoms with Gasteiger partial charge in [-0.3, -0.25) is 4.79 Å². The summed E-state index contributed by atoms with van der Waals surface area (Å²) in [6.45, 7) is 3.39. The average molecular weight is 195 g/mol. The maximum atomic E-state index is 10.9. The van der Waals surface area contributed by atoms with Crippen LogP contribution in [0.3, 0.4) is 0 Å². The van der Waals surface area contributed by atoms with E-state index in [0.717, 1.165) is 25.9 Å². The average Bonchev–Trinajstić information content (AvgIpc) is 2.68. The van der Waals surface area contributed by atoms with Crippen LogP contribution in [0.15, 0.2) is 4.52 Å². The van der Waals surface area contributed by atoms with E-state index in [4.69, 9.17) is 4.52 Å². The first-order valence-electron chi connectivity index (χ1n) is 4.82. The summed E-state index contributed by atoms with van der Waals surface area (Å²) in [6.07, 6.45) is 2.00. The third-order valence-corrected chi connectivity index (χ3v) is 2.45. The first-order valence-corrected chi connectivity index (χ1v) is 4.82. The Morgan fingerprint density at radius 3 is 2.79 bits per heavy atom. The van der Waals surface area contributed by atoms with Crippen molar-refractivity contribution in [1.29, 1.82) is 0 Å². The van der Waals surface area contributed by atoms with Crippen molar-refractivity contribution < 1.29 is 9.32 Å². The molecule has 0 bridgehead atoms. The molecule has 0 amide bonds. The van der Waals surface area contributed by atoms with Gasteiger partial charge in [0.05, 0.1) is 0 Å². The number of nitrogens with zero attached hydrogens (tertiary/aromatic N) is 2. The number of aromatic nitrogens is 2. The third-order valence-electron chi connectivity index (χ3n) is 2.45. The van der Waals surface area contributed by atoms with E-state index < -0.39 is 0 Å². The summed E-state index contributed by atoms with van der Waals surface area (Å²) < 4.78 is 5.06. The first kappa shape index (κ1) is 9.33. The minimum absolute atomic E-state index is 0.145. The smallest absolute Gasteiger partial charge is 0.238 e. The molecule has 0 aromatic carbocycles. The Morgan fingerprint density at radius 2 is 2.21 bits per heavy atom. The molecular weight excluding hydrogens is 182 g/mol. The van der Waals surface area contributed by atoms with Crippen molar-refractivity contribution in [2.24, 2.45) is 0 Å². The van der Waals surface area contributed by atoms with E-state index in [0.29, 0.717) is 11.8 Å². The topological polar surface area (TPSA) is 68.0 Å². The van der Waals surface area contributed by atoms with Crippen LogP contribution in [0, 0.1) is 0 Å². The van der Waals surface area contributed by atoms with Crippen LogP contribution in [0.25, 0.3) is 0 Å². The molecule has 0 atom stereocenters. The fourth-order valence-corrected chi connectivity index (χ4v) is 1.61. The number of nitrogens with one attached hydrogen (secondary N) is 1. The van der Waals surface area contributed by atoms with Crippen LogP contribution in [0.5, 0.6) is 0 Å². The molecule has 5 nitrogen and oxygen atoms in total. The van der Waals surface area contributed by atoms with Gasteiger partial charge in [-0.15, -0.1) is 0 Å². The first-order chi connectivity index (χ1) is 6.77. The van der Waals surface area contributed by atoms with Crippen molar-refractivity contribution in [3.63, 3.8) is 0 Å². The molecule has 1 aromatic rings. The molecule has 0 spiro atoms. The maximum absolute atomic E-state index is 10.9. The lowest BCUT2D eigenvalue weighted by atomic mass is 9.98. The van der Waals surface area contributed by atoms with Gasteiger partial charge in [-0.1, -0.05) is 5.16 Å². The number of hydrogen-bond acceptors (Lipinski definition) is 5. The number of Topliss-reactive ketones (excluding diaryl/α,β-unsaturated/α-hetero) is 1. The highest BCUT2D eigenvalue weighted by atomic mass is 16.5. The molecular formula is C9H13N3O2. The van der Waals surface area contributed by atoms with E-state index in [1.54, 1.807) is 0 Å². The minimum atomic E-state index is -0.145. The molecule has 5 heteroatoms. The van der Waals surface area contributed by atoms with Crippen molar-refractivity contribution >= 4 is 5.78 Å². The van der Waals surface area contributed by atoms with E-state index in [-0.39, 0.29) is 11.6 Å². The van der Waals surface area contributed by atoms with Crippen molar-refractivity contribution in [2.75, 3.05) is 13.1 Å². The van der Waals surface area contributed by atoms with Gasteiger partial charge < -0.3 is 9.84 Å². The van der Waals surface area contributed by atoms with Gasteiger partial charge in [0, 0.05) is 12.8 Å². The summed E-state index contributed by atoms with van der Waals surface area (Å²) in [7, 11) is 0. The molecule has 0 aliphatic carbocycles. The van der Waals surface area contributed by atoms with Crippen LogP contribution in [-0.2, 0) is 0 Å². The Morgan fingerprint density at radius 1 is 1.50 bits per heavy atom. The predicted molar refractivity (Wildman–Crippen MR) is 49.1 cm³/mol.